The van der Waals surface area contributed by atoms with Gasteiger partial charge in [0, 0.05) is 5.39 Å². The van der Waals surface area contributed by atoms with Crippen molar-refractivity contribution < 1.29 is 9.53 Å². The highest BCUT2D eigenvalue weighted by Crippen LogP contribution is 2.53. The Bertz CT molecular complexity index is 901. The van der Waals surface area contributed by atoms with E-state index in [1.807, 2.05) is 0 Å². The van der Waals surface area contributed by atoms with Crippen LogP contribution in [-0.2, 0) is 4.79 Å². The first-order valence-corrected chi connectivity index (χ1v) is 13.4. The van der Waals surface area contributed by atoms with Gasteiger partial charge in [-0.05, 0) is 84.3 Å². The van der Waals surface area contributed by atoms with E-state index >= 15 is 0 Å². The maximum atomic E-state index is 13.5. The molecular formula is C26H34O2S. The first-order valence-electron chi connectivity index (χ1n) is 11.7. The summed E-state index contributed by atoms with van der Waals surface area (Å²) in [5.74, 6) is 4.93. The fourth-order valence-electron chi connectivity index (χ4n) is 6.35. The topological polar surface area (TPSA) is 26.3 Å². The van der Waals surface area contributed by atoms with E-state index in [-0.39, 0.29) is 22.3 Å². The zero-order valence-electron chi connectivity index (χ0n) is 17.7. The molecule has 1 saturated heterocycles. The van der Waals surface area contributed by atoms with Crippen LogP contribution in [0.3, 0.4) is 0 Å². The van der Waals surface area contributed by atoms with Crippen molar-refractivity contribution in [2.24, 2.45) is 17.3 Å². The van der Waals surface area contributed by atoms with Crippen LogP contribution in [-0.4, -0.2) is 17.5 Å². The SMILES string of the molecule is CCC1CC2CCCC(C(=O)Oc3ccc([SH]4CCCC4)c4ccccc34)(C1)C2. The summed E-state index contributed by atoms with van der Waals surface area (Å²) >= 11 is 0. The van der Waals surface area contributed by atoms with Crippen molar-refractivity contribution in [3.8, 4) is 5.75 Å². The van der Waals surface area contributed by atoms with E-state index in [0.717, 1.165) is 36.3 Å². The lowest BCUT2D eigenvalue weighted by Crippen LogP contribution is -2.44. The molecule has 2 bridgehead atoms. The monoisotopic (exact) mass is 410 g/mol. The van der Waals surface area contributed by atoms with Crippen molar-refractivity contribution in [2.75, 3.05) is 11.5 Å². The number of rotatable bonds is 4. The van der Waals surface area contributed by atoms with E-state index in [1.54, 1.807) is 0 Å². The van der Waals surface area contributed by atoms with Gasteiger partial charge in [0.05, 0.1) is 5.41 Å². The van der Waals surface area contributed by atoms with E-state index in [4.69, 9.17) is 4.74 Å². The van der Waals surface area contributed by atoms with Crippen LogP contribution >= 0.6 is 10.9 Å². The van der Waals surface area contributed by atoms with Crippen LogP contribution in [0.5, 0.6) is 5.75 Å². The molecule has 29 heavy (non-hydrogen) atoms. The van der Waals surface area contributed by atoms with Gasteiger partial charge in [0.25, 0.3) is 0 Å². The number of carbonyl (C=O) groups excluding carboxylic acids is 1. The van der Waals surface area contributed by atoms with Gasteiger partial charge in [-0.25, -0.2) is 10.9 Å². The van der Waals surface area contributed by atoms with Crippen LogP contribution < -0.4 is 4.74 Å². The minimum atomic E-state index is -0.239. The number of carbonyl (C=O) groups is 1. The van der Waals surface area contributed by atoms with E-state index in [2.05, 4.69) is 43.3 Å². The summed E-state index contributed by atoms with van der Waals surface area (Å²) in [6.07, 6.45) is 10.8. The lowest BCUT2D eigenvalue weighted by molar-refractivity contribution is -0.153. The molecule has 2 saturated carbocycles. The molecule has 0 aromatic heterocycles. The molecule has 1 aliphatic heterocycles. The fourth-order valence-corrected chi connectivity index (χ4v) is 9.08. The fraction of sp³-hybridized carbons (Fsp3) is 0.577. The van der Waals surface area contributed by atoms with Crippen molar-refractivity contribution in [3.63, 3.8) is 0 Å². The Kier molecular flexibility index (Phi) is 5.36. The van der Waals surface area contributed by atoms with Gasteiger partial charge < -0.3 is 4.74 Å². The predicted molar refractivity (Wildman–Crippen MR) is 123 cm³/mol. The highest BCUT2D eigenvalue weighted by Gasteiger charge is 2.49. The van der Waals surface area contributed by atoms with E-state index in [0.29, 0.717) is 5.92 Å². The summed E-state index contributed by atoms with van der Waals surface area (Å²) in [7, 11) is -0.0437. The molecule has 3 fully saturated rings. The van der Waals surface area contributed by atoms with Gasteiger partial charge >= 0.3 is 5.97 Å². The molecule has 3 heteroatoms. The summed E-state index contributed by atoms with van der Waals surface area (Å²) < 4.78 is 6.22. The van der Waals surface area contributed by atoms with Gasteiger partial charge in [0.15, 0.2) is 0 Å². The molecule has 0 radical (unpaired) electrons. The molecule has 5 rings (SSSR count). The Hall–Kier alpha value is -1.48. The Morgan fingerprint density at radius 1 is 1.07 bits per heavy atom. The van der Waals surface area contributed by atoms with Crippen LogP contribution in [0, 0.1) is 17.3 Å². The number of hydrogen-bond donors (Lipinski definition) is 1. The lowest BCUT2D eigenvalue weighted by atomic mass is 9.58. The average molecular weight is 411 g/mol. The average Bonchev–Trinajstić information content (AvgIpc) is 3.28. The molecule has 2 nitrogen and oxygen atoms in total. The normalized spacial score (nSPS) is 30.4. The van der Waals surface area contributed by atoms with Crippen molar-refractivity contribution in [2.45, 2.75) is 69.6 Å². The van der Waals surface area contributed by atoms with Crippen molar-refractivity contribution in [3.05, 3.63) is 36.4 Å². The van der Waals surface area contributed by atoms with E-state index in [9.17, 15) is 4.79 Å². The minimum absolute atomic E-state index is 0.0437. The Balaban J connectivity index is 1.46. The molecule has 3 atom stereocenters. The largest absolute Gasteiger partial charge is 0.425 e. The zero-order chi connectivity index (χ0) is 19.8. The number of ether oxygens (including phenoxy) is 1. The number of thiol groups is 1. The molecule has 3 unspecified atom stereocenters. The number of hydrogen-bond acceptors (Lipinski definition) is 2. The summed E-state index contributed by atoms with van der Waals surface area (Å²) in [6, 6.07) is 12.9. The third kappa shape index (κ3) is 3.60. The molecule has 0 N–H and O–H groups in total. The first-order chi connectivity index (χ1) is 14.2. The number of esters is 1. The first kappa shape index (κ1) is 19.5. The Morgan fingerprint density at radius 2 is 1.86 bits per heavy atom. The summed E-state index contributed by atoms with van der Waals surface area (Å²) in [6.45, 7) is 2.28. The van der Waals surface area contributed by atoms with Crippen LogP contribution in [0.2, 0.25) is 0 Å². The molecule has 2 aliphatic carbocycles. The maximum Gasteiger partial charge on any atom is 0.317 e. The van der Waals surface area contributed by atoms with Crippen LogP contribution in [0.15, 0.2) is 41.3 Å². The minimum Gasteiger partial charge on any atom is -0.425 e. The van der Waals surface area contributed by atoms with Gasteiger partial charge in [-0.1, -0.05) is 50.5 Å². The Morgan fingerprint density at radius 3 is 2.66 bits per heavy atom. The molecule has 156 valence electrons. The smallest absolute Gasteiger partial charge is 0.317 e. The van der Waals surface area contributed by atoms with Crippen molar-refractivity contribution >= 4 is 27.6 Å². The summed E-state index contributed by atoms with van der Waals surface area (Å²) in [4.78, 5) is 15.0. The second-order valence-corrected chi connectivity index (χ2v) is 12.1. The quantitative estimate of drug-likeness (QED) is 0.337. The molecule has 1 heterocycles. The molecule has 2 aromatic carbocycles. The zero-order valence-corrected chi connectivity index (χ0v) is 18.6. The predicted octanol–water partition coefficient (Wildman–Crippen LogP) is 6.90. The third-order valence-electron chi connectivity index (χ3n) is 7.81. The maximum absolute atomic E-state index is 13.5. The summed E-state index contributed by atoms with van der Waals surface area (Å²) in [5.41, 5.74) is -0.239. The molecule has 3 aliphatic rings. The second kappa shape index (κ2) is 7.98. The van der Waals surface area contributed by atoms with Crippen LogP contribution in [0.1, 0.15) is 64.7 Å². The highest BCUT2D eigenvalue weighted by atomic mass is 32.2. The van der Waals surface area contributed by atoms with Gasteiger partial charge in [0.2, 0.25) is 0 Å². The number of benzene rings is 2. The molecular weight excluding hydrogens is 376 g/mol. The van der Waals surface area contributed by atoms with Crippen LogP contribution in [0.4, 0.5) is 0 Å². The highest BCUT2D eigenvalue weighted by molar-refractivity contribution is 8.17. The van der Waals surface area contributed by atoms with E-state index < -0.39 is 0 Å². The van der Waals surface area contributed by atoms with Gasteiger partial charge in [-0.15, -0.1) is 0 Å². The van der Waals surface area contributed by atoms with Gasteiger partial charge in [0.1, 0.15) is 5.75 Å². The molecule has 0 amide bonds. The van der Waals surface area contributed by atoms with Crippen molar-refractivity contribution in [1.82, 2.24) is 0 Å². The molecule has 2 aromatic rings. The van der Waals surface area contributed by atoms with Crippen LogP contribution in [0.25, 0.3) is 10.8 Å². The third-order valence-corrected chi connectivity index (χ3v) is 10.6. The van der Waals surface area contributed by atoms with E-state index in [1.165, 1.54) is 60.3 Å². The van der Waals surface area contributed by atoms with Crippen molar-refractivity contribution in [1.29, 1.82) is 0 Å². The lowest BCUT2D eigenvalue weighted by Gasteiger charge is -2.46. The number of fused-ring (bicyclic) bond motifs is 3. The molecule has 0 spiro atoms. The van der Waals surface area contributed by atoms with Gasteiger partial charge in [-0.2, -0.15) is 0 Å². The second-order valence-electron chi connectivity index (χ2n) is 9.67. The standard InChI is InChI=1S/C26H34O2S/c1-2-19-16-20-8-7-13-26(17-19,18-20)25(27)28-23-11-12-24(29-14-5-6-15-29)22-10-4-3-9-21(22)23/h3-4,9-12,19-20,29H,2,5-8,13-18H2,1H3. The van der Waals surface area contributed by atoms with Gasteiger partial charge in [-0.3, -0.25) is 4.79 Å². The summed E-state index contributed by atoms with van der Waals surface area (Å²) in [5, 5.41) is 2.43. The Labute approximate surface area is 177 Å².